The summed E-state index contributed by atoms with van der Waals surface area (Å²) in [7, 11) is 0. The highest BCUT2D eigenvalue weighted by atomic mass is 19.4. The molecule has 1 aliphatic rings. The molecule has 0 aromatic heterocycles. The van der Waals surface area contributed by atoms with E-state index in [1.165, 1.54) is 18.2 Å². The Kier molecular flexibility index (Phi) is 4.44. The number of rotatable bonds is 3. The van der Waals surface area contributed by atoms with Crippen LogP contribution in [0.3, 0.4) is 0 Å². The highest BCUT2D eigenvalue weighted by Crippen LogP contribution is 2.38. The molecule has 2 rings (SSSR count). The van der Waals surface area contributed by atoms with Crippen molar-refractivity contribution in [3.63, 3.8) is 0 Å². The fourth-order valence-electron chi connectivity index (χ4n) is 2.82. The van der Waals surface area contributed by atoms with E-state index >= 15 is 0 Å². The number of alkyl halides is 3. The number of aliphatic carboxylic acids is 1. The number of carbonyl (C=O) groups is 1. The van der Waals surface area contributed by atoms with Crippen molar-refractivity contribution >= 4 is 11.7 Å². The summed E-state index contributed by atoms with van der Waals surface area (Å²) in [6.07, 6.45) is -0.590. The van der Waals surface area contributed by atoms with Gasteiger partial charge in [-0.1, -0.05) is 37.8 Å². The molecule has 0 amide bonds. The Hall–Kier alpha value is -1.72. The summed E-state index contributed by atoms with van der Waals surface area (Å²) in [4.78, 5) is 11.7. The smallest absolute Gasteiger partial charge is 0.418 e. The van der Waals surface area contributed by atoms with Crippen LogP contribution >= 0.6 is 0 Å². The van der Waals surface area contributed by atoms with Crippen molar-refractivity contribution in [3.05, 3.63) is 29.8 Å². The fraction of sp³-hybridized carbons (Fsp3) is 0.533. The second kappa shape index (κ2) is 5.95. The molecule has 3 nitrogen and oxygen atoms in total. The molecule has 1 aromatic carbocycles. The van der Waals surface area contributed by atoms with Crippen molar-refractivity contribution < 1.29 is 23.1 Å². The Labute approximate surface area is 121 Å². The van der Waals surface area contributed by atoms with Gasteiger partial charge >= 0.3 is 12.1 Å². The van der Waals surface area contributed by atoms with E-state index in [2.05, 4.69) is 5.32 Å². The van der Waals surface area contributed by atoms with Crippen molar-refractivity contribution in [2.45, 2.75) is 50.2 Å². The molecule has 6 heteroatoms. The molecule has 1 fully saturated rings. The number of hydrogen-bond donors (Lipinski definition) is 2. The lowest BCUT2D eigenvalue weighted by Crippen LogP contribution is -2.46. The summed E-state index contributed by atoms with van der Waals surface area (Å²) in [5.41, 5.74) is -2.29. The van der Waals surface area contributed by atoms with E-state index in [4.69, 9.17) is 0 Å². The third-order valence-corrected chi connectivity index (χ3v) is 3.97. The van der Waals surface area contributed by atoms with Gasteiger partial charge in [-0.05, 0) is 25.0 Å². The van der Waals surface area contributed by atoms with Gasteiger partial charge in [-0.25, -0.2) is 4.79 Å². The van der Waals surface area contributed by atoms with Crippen LogP contribution in [0.1, 0.15) is 44.1 Å². The molecule has 0 spiro atoms. The third kappa shape index (κ3) is 3.49. The van der Waals surface area contributed by atoms with Crippen molar-refractivity contribution in [2.75, 3.05) is 5.32 Å². The maximum Gasteiger partial charge on any atom is 0.418 e. The molecule has 21 heavy (non-hydrogen) atoms. The van der Waals surface area contributed by atoms with Gasteiger partial charge < -0.3 is 10.4 Å². The van der Waals surface area contributed by atoms with Gasteiger partial charge in [-0.2, -0.15) is 13.2 Å². The number of hydrogen-bond acceptors (Lipinski definition) is 2. The first-order valence-corrected chi connectivity index (χ1v) is 7.03. The van der Waals surface area contributed by atoms with Crippen LogP contribution in [-0.2, 0) is 11.0 Å². The normalized spacial score (nSPS) is 18.8. The maximum absolute atomic E-state index is 13.0. The molecule has 1 aliphatic carbocycles. The minimum Gasteiger partial charge on any atom is -0.480 e. The molecule has 0 radical (unpaired) electrons. The minimum absolute atomic E-state index is 0.158. The number of halogens is 3. The lowest BCUT2D eigenvalue weighted by Gasteiger charge is -2.31. The topological polar surface area (TPSA) is 49.3 Å². The summed E-state index contributed by atoms with van der Waals surface area (Å²) in [5, 5.41) is 12.2. The van der Waals surface area contributed by atoms with Crippen LogP contribution in [0.15, 0.2) is 24.3 Å². The van der Waals surface area contributed by atoms with Crippen molar-refractivity contribution in [1.82, 2.24) is 0 Å². The molecule has 1 saturated carbocycles. The molecule has 116 valence electrons. The summed E-state index contributed by atoms with van der Waals surface area (Å²) in [5.74, 6) is -1.08. The van der Waals surface area contributed by atoms with Crippen LogP contribution in [0.5, 0.6) is 0 Å². The highest BCUT2D eigenvalue weighted by molar-refractivity contribution is 5.83. The van der Waals surface area contributed by atoms with Gasteiger partial charge in [0, 0.05) is 5.69 Å². The average Bonchev–Trinajstić information content (AvgIpc) is 2.65. The number of para-hydroxylation sites is 1. The zero-order valence-electron chi connectivity index (χ0n) is 11.5. The van der Waals surface area contributed by atoms with E-state index in [1.807, 2.05) is 0 Å². The molecule has 2 N–H and O–H groups in total. The molecular weight excluding hydrogens is 283 g/mol. The quantitative estimate of drug-likeness (QED) is 0.819. The summed E-state index contributed by atoms with van der Waals surface area (Å²) in [6.45, 7) is 0. The monoisotopic (exact) mass is 301 g/mol. The average molecular weight is 301 g/mol. The molecular formula is C15H18F3NO2. The van der Waals surface area contributed by atoms with Gasteiger partial charge in [-0.15, -0.1) is 0 Å². The van der Waals surface area contributed by atoms with E-state index in [0.717, 1.165) is 18.9 Å². The van der Waals surface area contributed by atoms with Crippen LogP contribution in [0.4, 0.5) is 18.9 Å². The molecule has 0 aliphatic heterocycles. The second-order valence-electron chi connectivity index (χ2n) is 5.47. The number of anilines is 1. The van der Waals surface area contributed by atoms with Gasteiger partial charge in [-0.3, -0.25) is 0 Å². The lowest BCUT2D eigenvalue weighted by molar-refractivity contribution is -0.143. The van der Waals surface area contributed by atoms with Crippen LogP contribution in [0.25, 0.3) is 0 Å². The van der Waals surface area contributed by atoms with Crippen LogP contribution in [-0.4, -0.2) is 16.6 Å². The first-order valence-electron chi connectivity index (χ1n) is 7.03. The Morgan fingerprint density at radius 3 is 2.19 bits per heavy atom. The minimum atomic E-state index is -4.51. The zero-order chi connectivity index (χ0) is 15.5. The van der Waals surface area contributed by atoms with E-state index in [1.54, 1.807) is 0 Å². The molecule has 0 saturated heterocycles. The van der Waals surface area contributed by atoms with Crippen molar-refractivity contribution in [3.8, 4) is 0 Å². The molecule has 0 unspecified atom stereocenters. The van der Waals surface area contributed by atoms with Gasteiger partial charge in [0.1, 0.15) is 5.54 Å². The first-order chi connectivity index (χ1) is 9.85. The predicted octanol–water partition coefficient (Wildman–Crippen LogP) is 4.29. The standard InChI is InChI=1S/C15H18F3NO2/c16-15(17,18)11-7-3-4-8-12(11)19-14(13(20)21)9-5-1-2-6-10-14/h3-4,7-8,19H,1-2,5-6,9-10H2,(H,20,21). The predicted molar refractivity (Wildman–Crippen MR) is 73.1 cm³/mol. The first kappa shape index (κ1) is 15.7. The number of carboxylic acid groups (broad SMARTS) is 1. The van der Waals surface area contributed by atoms with E-state index in [9.17, 15) is 23.1 Å². The van der Waals surface area contributed by atoms with Crippen molar-refractivity contribution in [2.24, 2.45) is 0 Å². The zero-order valence-corrected chi connectivity index (χ0v) is 11.5. The van der Waals surface area contributed by atoms with Crippen LogP contribution in [0.2, 0.25) is 0 Å². The Bertz CT molecular complexity index is 506. The number of nitrogens with one attached hydrogen (secondary N) is 1. The molecule has 1 aromatic rings. The summed E-state index contributed by atoms with van der Waals surface area (Å²) >= 11 is 0. The van der Waals surface area contributed by atoms with Gasteiger partial charge in [0.05, 0.1) is 5.56 Å². The highest BCUT2D eigenvalue weighted by Gasteiger charge is 2.41. The Balaban J connectivity index is 2.36. The summed E-state index contributed by atoms with van der Waals surface area (Å²) < 4.78 is 39.1. The maximum atomic E-state index is 13.0. The summed E-state index contributed by atoms with van der Waals surface area (Å²) in [6, 6.07) is 5.03. The number of carboxylic acids is 1. The third-order valence-electron chi connectivity index (χ3n) is 3.97. The Morgan fingerprint density at radius 1 is 1.10 bits per heavy atom. The lowest BCUT2D eigenvalue weighted by atomic mass is 9.89. The van der Waals surface area contributed by atoms with E-state index in [0.29, 0.717) is 25.7 Å². The van der Waals surface area contributed by atoms with E-state index in [-0.39, 0.29) is 5.69 Å². The molecule has 0 atom stereocenters. The molecule has 0 heterocycles. The largest absolute Gasteiger partial charge is 0.480 e. The van der Waals surface area contributed by atoms with Crippen LogP contribution < -0.4 is 5.32 Å². The molecule has 0 bridgehead atoms. The number of benzene rings is 1. The van der Waals surface area contributed by atoms with E-state index < -0.39 is 23.2 Å². The van der Waals surface area contributed by atoms with Gasteiger partial charge in [0.2, 0.25) is 0 Å². The van der Waals surface area contributed by atoms with Gasteiger partial charge in [0.15, 0.2) is 0 Å². The van der Waals surface area contributed by atoms with Crippen molar-refractivity contribution in [1.29, 1.82) is 0 Å². The fourth-order valence-corrected chi connectivity index (χ4v) is 2.82. The SMILES string of the molecule is O=C(O)C1(Nc2ccccc2C(F)(F)F)CCCCCC1. The second-order valence-corrected chi connectivity index (χ2v) is 5.47. The Morgan fingerprint density at radius 2 is 1.67 bits per heavy atom. The van der Waals surface area contributed by atoms with Crippen LogP contribution in [0, 0.1) is 0 Å². The van der Waals surface area contributed by atoms with Gasteiger partial charge in [0.25, 0.3) is 0 Å².